The molecule has 0 aliphatic heterocycles. The molecule has 0 aliphatic carbocycles. The van der Waals surface area contributed by atoms with Gasteiger partial charge in [-0.25, -0.2) is 0 Å². The smallest absolute Gasteiger partial charge is 0.197 e. The van der Waals surface area contributed by atoms with E-state index in [1.165, 1.54) is 4.72 Å². The van der Waals surface area contributed by atoms with Gasteiger partial charge >= 0.3 is 6.18 Å². The number of hydrogen-bond acceptors (Lipinski definition) is 3. The van der Waals surface area contributed by atoms with E-state index < -0.39 is 29.0 Å². The number of hydrogen-bond donors (Lipinski definition) is 2. The summed E-state index contributed by atoms with van der Waals surface area (Å²) in [4.78, 5) is 0. The highest BCUT2D eigenvalue weighted by Gasteiger charge is 2.30. The summed E-state index contributed by atoms with van der Waals surface area (Å²) in [5.74, 6) is -0.340. The van der Waals surface area contributed by atoms with Gasteiger partial charge in [-0.2, -0.15) is 36.3 Å². The quantitative estimate of drug-likeness (QED) is 0.755. The van der Waals surface area contributed by atoms with Gasteiger partial charge in [-0.15, -0.1) is 0 Å². The maximum atomic E-state index is 11.7. The minimum Gasteiger partial charge on any atom is -0.197 e. The molecule has 1 atom stereocenters. The first-order valence-corrected chi connectivity index (χ1v) is 5.79. The fourth-order valence-electron chi connectivity index (χ4n) is 0.697. The molecule has 0 amide bonds. The Morgan fingerprint density at radius 3 is 2.19 bits per heavy atom. The molecule has 2 N–H and O–H groups in total. The highest BCUT2D eigenvalue weighted by atomic mass is 32.2. The molecular weight excluding hydrogens is 247 g/mol. The molecule has 0 radical (unpaired) electrons. The number of rotatable bonds is 5. The minimum atomic E-state index is -4.63. The van der Waals surface area contributed by atoms with Crippen LogP contribution < -0.4 is 9.44 Å². The molecule has 0 aromatic carbocycles. The van der Waals surface area contributed by atoms with Gasteiger partial charge in [-0.1, -0.05) is 13.8 Å². The Morgan fingerprint density at radius 2 is 1.88 bits per heavy atom. The molecule has 0 rings (SSSR count). The summed E-state index contributed by atoms with van der Waals surface area (Å²) in [6.07, 6.45) is -4.63. The second-order valence-corrected chi connectivity index (χ2v) is 4.94. The zero-order valence-corrected chi connectivity index (χ0v) is 9.48. The third kappa shape index (κ3) is 6.60. The zero-order chi connectivity index (χ0) is 13.0. The molecule has 0 fully saturated rings. The first-order valence-electron chi connectivity index (χ1n) is 4.30. The van der Waals surface area contributed by atoms with Crippen molar-refractivity contribution in [1.82, 2.24) is 9.44 Å². The molecule has 0 aromatic heterocycles. The summed E-state index contributed by atoms with van der Waals surface area (Å²) in [5, 5.41) is 8.56. The molecular formula is C7H12F3N3O2S. The van der Waals surface area contributed by atoms with E-state index in [1.807, 2.05) is 4.72 Å². The van der Waals surface area contributed by atoms with Crippen molar-refractivity contribution in [3.8, 4) is 6.07 Å². The van der Waals surface area contributed by atoms with Crippen molar-refractivity contribution in [3.63, 3.8) is 0 Å². The number of nitrogens with one attached hydrogen (secondary N) is 2. The second kappa shape index (κ2) is 5.47. The Kier molecular flexibility index (Phi) is 5.18. The molecule has 5 nitrogen and oxygen atoms in total. The Hall–Kier alpha value is -0.850. The normalized spacial score (nSPS) is 14.8. The summed E-state index contributed by atoms with van der Waals surface area (Å²) in [5.41, 5.74) is 0. The fraction of sp³-hybridized carbons (Fsp3) is 0.857. The van der Waals surface area contributed by atoms with Crippen LogP contribution in [0.1, 0.15) is 13.8 Å². The lowest BCUT2D eigenvalue weighted by Gasteiger charge is -2.16. The van der Waals surface area contributed by atoms with Crippen LogP contribution in [0.2, 0.25) is 0 Å². The van der Waals surface area contributed by atoms with Crippen LogP contribution in [0.25, 0.3) is 0 Å². The summed E-state index contributed by atoms with van der Waals surface area (Å²) < 4.78 is 60.5. The van der Waals surface area contributed by atoms with E-state index in [1.54, 1.807) is 19.9 Å². The Morgan fingerprint density at radius 1 is 1.38 bits per heavy atom. The first kappa shape index (κ1) is 15.2. The largest absolute Gasteiger partial charge is 0.402 e. The van der Waals surface area contributed by atoms with E-state index in [4.69, 9.17) is 5.26 Å². The summed E-state index contributed by atoms with van der Waals surface area (Å²) in [7, 11) is -4.31. The van der Waals surface area contributed by atoms with Crippen molar-refractivity contribution >= 4 is 10.2 Å². The van der Waals surface area contributed by atoms with Crippen molar-refractivity contribution in [2.45, 2.75) is 26.1 Å². The van der Waals surface area contributed by atoms with Crippen LogP contribution in [0, 0.1) is 17.2 Å². The monoisotopic (exact) mass is 259 g/mol. The van der Waals surface area contributed by atoms with Gasteiger partial charge in [0.2, 0.25) is 0 Å². The van der Waals surface area contributed by atoms with Crippen LogP contribution in [0.3, 0.4) is 0 Å². The Bertz CT molecular complexity index is 358. The predicted molar refractivity (Wildman–Crippen MR) is 50.4 cm³/mol. The van der Waals surface area contributed by atoms with Gasteiger partial charge in [0, 0.05) is 0 Å². The fourth-order valence-corrected chi connectivity index (χ4v) is 1.79. The molecule has 0 saturated heterocycles. The third-order valence-electron chi connectivity index (χ3n) is 1.55. The maximum Gasteiger partial charge on any atom is 0.402 e. The van der Waals surface area contributed by atoms with Crippen molar-refractivity contribution in [2.75, 3.05) is 6.54 Å². The van der Waals surface area contributed by atoms with Gasteiger partial charge in [0.05, 0.1) is 6.07 Å². The number of halogens is 3. The topological polar surface area (TPSA) is 82.0 Å². The molecule has 0 spiro atoms. The molecule has 0 aliphatic rings. The van der Waals surface area contributed by atoms with Crippen LogP contribution in [0.4, 0.5) is 13.2 Å². The zero-order valence-electron chi connectivity index (χ0n) is 8.67. The van der Waals surface area contributed by atoms with E-state index >= 15 is 0 Å². The molecule has 0 aromatic rings. The molecule has 0 heterocycles. The van der Waals surface area contributed by atoms with E-state index in [0.29, 0.717) is 0 Å². The molecule has 16 heavy (non-hydrogen) atoms. The second-order valence-electron chi connectivity index (χ2n) is 3.41. The molecule has 9 heteroatoms. The standard InChI is InChI=1S/C7H12F3N3O2S/c1-5(2)6(3-11)13-16(14,15)12-4-7(8,9)10/h5-6,12-13H,4H2,1-2H3. The van der Waals surface area contributed by atoms with E-state index in [2.05, 4.69) is 0 Å². The van der Waals surface area contributed by atoms with Crippen LogP contribution in [0.5, 0.6) is 0 Å². The van der Waals surface area contributed by atoms with E-state index in [-0.39, 0.29) is 5.92 Å². The van der Waals surface area contributed by atoms with Gasteiger partial charge in [-0.3, -0.25) is 0 Å². The lowest BCUT2D eigenvalue weighted by atomic mass is 10.1. The number of alkyl halides is 3. The Labute approximate surface area is 91.8 Å². The number of nitriles is 1. The van der Waals surface area contributed by atoms with Crippen LogP contribution in [0.15, 0.2) is 0 Å². The SMILES string of the molecule is CC(C)C(C#N)NS(=O)(=O)NCC(F)(F)F. The van der Waals surface area contributed by atoms with Gasteiger partial charge in [0.25, 0.3) is 10.2 Å². The molecule has 94 valence electrons. The van der Waals surface area contributed by atoms with Crippen molar-refractivity contribution in [3.05, 3.63) is 0 Å². The van der Waals surface area contributed by atoms with Gasteiger partial charge in [0.1, 0.15) is 12.6 Å². The minimum absolute atomic E-state index is 0.340. The predicted octanol–water partition coefficient (Wildman–Crippen LogP) is 0.521. The van der Waals surface area contributed by atoms with Gasteiger partial charge in [0.15, 0.2) is 0 Å². The average molecular weight is 259 g/mol. The maximum absolute atomic E-state index is 11.7. The van der Waals surface area contributed by atoms with Crippen LogP contribution in [-0.4, -0.2) is 27.2 Å². The summed E-state index contributed by atoms with van der Waals surface area (Å²) in [6.45, 7) is 1.47. The highest BCUT2D eigenvalue weighted by Crippen LogP contribution is 2.12. The first-order chi connectivity index (χ1) is 7.07. The van der Waals surface area contributed by atoms with Gasteiger partial charge < -0.3 is 0 Å². The lowest BCUT2D eigenvalue weighted by Crippen LogP contribution is -2.46. The van der Waals surface area contributed by atoms with Gasteiger partial charge in [-0.05, 0) is 5.92 Å². The number of nitrogens with zero attached hydrogens (tertiary/aromatic N) is 1. The Balaban J connectivity index is 4.42. The van der Waals surface area contributed by atoms with Crippen LogP contribution >= 0.6 is 0 Å². The van der Waals surface area contributed by atoms with Crippen molar-refractivity contribution in [1.29, 1.82) is 5.26 Å². The highest BCUT2D eigenvalue weighted by molar-refractivity contribution is 7.87. The van der Waals surface area contributed by atoms with Crippen LogP contribution in [-0.2, 0) is 10.2 Å². The van der Waals surface area contributed by atoms with Crippen molar-refractivity contribution < 1.29 is 21.6 Å². The van der Waals surface area contributed by atoms with Crippen molar-refractivity contribution in [2.24, 2.45) is 5.92 Å². The lowest BCUT2D eigenvalue weighted by molar-refractivity contribution is -0.121. The van der Waals surface area contributed by atoms with E-state index in [9.17, 15) is 21.6 Å². The molecule has 1 unspecified atom stereocenters. The average Bonchev–Trinajstić information content (AvgIpc) is 2.10. The molecule has 0 bridgehead atoms. The molecule has 0 saturated carbocycles. The van der Waals surface area contributed by atoms with E-state index in [0.717, 1.165) is 0 Å². The third-order valence-corrected chi connectivity index (χ3v) is 2.64. The summed E-state index contributed by atoms with van der Waals surface area (Å²) >= 11 is 0. The summed E-state index contributed by atoms with van der Waals surface area (Å²) in [6, 6.07) is 0.579.